The van der Waals surface area contributed by atoms with Gasteiger partial charge in [-0.1, -0.05) is 36.4 Å². The lowest BCUT2D eigenvalue weighted by molar-refractivity contribution is -0.139. The van der Waals surface area contributed by atoms with Gasteiger partial charge in [0.1, 0.15) is 0 Å². The maximum atomic E-state index is 13.0. The number of rotatable bonds is 6. The van der Waals surface area contributed by atoms with Crippen molar-refractivity contribution in [2.45, 2.75) is 25.9 Å². The van der Waals surface area contributed by atoms with Crippen LogP contribution < -0.4 is 4.74 Å². The van der Waals surface area contributed by atoms with E-state index >= 15 is 0 Å². The van der Waals surface area contributed by atoms with E-state index in [1.54, 1.807) is 13.2 Å². The number of carbonyl (C=O) groups excluding carboxylic acids is 1. The van der Waals surface area contributed by atoms with Gasteiger partial charge in [-0.25, -0.2) is 0 Å². The van der Waals surface area contributed by atoms with E-state index in [1.807, 2.05) is 18.2 Å². The number of likely N-dealkylation sites (tertiary alicyclic amines) is 1. The monoisotopic (exact) mass is 423 g/mol. The van der Waals surface area contributed by atoms with Gasteiger partial charge in [-0.15, -0.1) is 0 Å². The van der Waals surface area contributed by atoms with Crippen molar-refractivity contribution < 1.29 is 14.6 Å². The highest BCUT2D eigenvalue weighted by Crippen LogP contribution is 2.28. The molecule has 4 rings (SSSR count). The number of hydrogen-bond acceptors (Lipinski definition) is 5. The van der Waals surface area contributed by atoms with Gasteiger partial charge in [-0.3, -0.25) is 14.6 Å². The molecular formula is C25H33N3O3. The summed E-state index contributed by atoms with van der Waals surface area (Å²) in [5, 5.41) is 9.77. The maximum absolute atomic E-state index is 13.0. The first kappa shape index (κ1) is 21.7. The number of amides is 1. The van der Waals surface area contributed by atoms with Crippen LogP contribution >= 0.6 is 0 Å². The highest BCUT2D eigenvalue weighted by molar-refractivity contribution is 5.79. The van der Waals surface area contributed by atoms with E-state index in [9.17, 15) is 9.90 Å². The summed E-state index contributed by atoms with van der Waals surface area (Å²) in [4.78, 5) is 19.9. The summed E-state index contributed by atoms with van der Waals surface area (Å²) in [7, 11) is 1.57. The Morgan fingerprint density at radius 3 is 2.23 bits per heavy atom. The predicted octanol–water partition coefficient (Wildman–Crippen LogP) is 2.96. The first-order valence-electron chi connectivity index (χ1n) is 11.3. The zero-order valence-electron chi connectivity index (χ0n) is 18.4. The van der Waals surface area contributed by atoms with E-state index in [2.05, 4.69) is 39.0 Å². The molecule has 0 saturated carbocycles. The number of phenols is 1. The second-order valence-corrected chi connectivity index (χ2v) is 8.64. The van der Waals surface area contributed by atoms with Crippen LogP contribution in [0.4, 0.5) is 0 Å². The molecule has 0 bridgehead atoms. The van der Waals surface area contributed by atoms with Gasteiger partial charge >= 0.3 is 0 Å². The van der Waals surface area contributed by atoms with Crippen LogP contribution in [0.2, 0.25) is 0 Å². The molecule has 0 aliphatic carbocycles. The Balaban J connectivity index is 1.21. The van der Waals surface area contributed by atoms with Crippen LogP contribution in [-0.4, -0.2) is 72.1 Å². The maximum Gasteiger partial charge on any atom is 0.225 e. The Morgan fingerprint density at radius 2 is 1.55 bits per heavy atom. The molecule has 2 saturated heterocycles. The topological polar surface area (TPSA) is 56.2 Å². The summed E-state index contributed by atoms with van der Waals surface area (Å²) in [5.41, 5.74) is 2.45. The number of carbonyl (C=O) groups is 1. The molecule has 2 aliphatic heterocycles. The second kappa shape index (κ2) is 10.2. The van der Waals surface area contributed by atoms with Crippen LogP contribution in [0.5, 0.6) is 11.5 Å². The van der Waals surface area contributed by atoms with Crippen LogP contribution in [0.25, 0.3) is 0 Å². The Labute approximate surface area is 185 Å². The van der Waals surface area contributed by atoms with Gasteiger partial charge in [-0.2, -0.15) is 0 Å². The lowest BCUT2D eigenvalue weighted by Gasteiger charge is -2.38. The molecule has 0 atom stereocenters. The average molecular weight is 424 g/mol. The molecule has 0 radical (unpaired) electrons. The quantitative estimate of drug-likeness (QED) is 0.774. The van der Waals surface area contributed by atoms with Gasteiger partial charge in [0.05, 0.1) is 7.11 Å². The van der Waals surface area contributed by atoms with Gasteiger partial charge in [0.2, 0.25) is 5.91 Å². The fraction of sp³-hybridized carbons (Fsp3) is 0.480. The molecule has 0 spiro atoms. The van der Waals surface area contributed by atoms with E-state index in [0.29, 0.717) is 11.7 Å². The summed E-state index contributed by atoms with van der Waals surface area (Å²) in [5.74, 6) is 1.16. The minimum atomic E-state index is 0.145. The SMILES string of the molecule is COc1cc(CN2CCC(C(=O)N3CCN(Cc4ccccc4)CC3)CC2)ccc1O. The molecule has 2 fully saturated rings. The highest BCUT2D eigenvalue weighted by Gasteiger charge is 2.30. The minimum absolute atomic E-state index is 0.145. The molecule has 6 heteroatoms. The van der Waals surface area contributed by atoms with Crippen molar-refractivity contribution in [3.63, 3.8) is 0 Å². The molecule has 6 nitrogen and oxygen atoms in total. The first-order valence-corrected chi connectivity index (χ1v) is 11.3. The molecule has 2 aromatic rings. The Hall–Kier alpha value is -2.57. The Bertz CT molecular complexity index is 858. The molecule has 0 aromatic heterocycles. The van der Waals surface area contributed by atoms with Crippen LogP contribution in [0, 0.1) is 5.92 Å². The van der Waals surface area contributed by atoms with E-state index in [4.69, 9.17) is 4.74 Å². The fourth-order valence-corrected chi connectivity index (χ4v) is 4.64. The lowest BCUT2D eigenvalue weighted by Crippen LogP contribution is -2.51. The molecule has 2 heterocycles. The Kier molecular flexibility index (Phi) is 7.10. The number of nitrogens with zero attached hydrogens (tertiary/aromatic N) is 3. The number of hydrogen-bond donors (Lipinski definition) is 1. The van der Waals surface area contributed by atoms with E-state index in [0.717, 1.165) is 70.8 Å². The van der Waals surface area contributed by atoms with Crippen molar-refractivity contribution in [2.75, 3.05) is 46.4 Å². The highest BCUT2D eigenvalue weighted by atomic mass is 16.5. The smallest absolute Gasteiger partial charge is 0.225 e. The second-order valence-electron chi connectivity index (χ2n) is 8.64. The largest absolute Gasteiger partial charge is 0.504 e. The summed E-state index contributed by atoms with van der Waals surface area (Å²) in [6.45, 7) is 7.18. The van der Waals surface area contributed by atoms with Crippen LogP contribution in [0.3, 0.4) is 0 Å². The lowest BCUT2D eigenvalue weighted by atomic mass is 9.94. The third-order valence-corrected chi connectivity index (χ3v) is 6.52. The van der Waals surface area contributed by atoms with Gasteiger partial charge in [0, 0.05) is 45.2 Å². The fourth-order valence-electron chi connectivity index (χ4n) is 4.64. The number of piperidine rings is 1. The van der Waals surface area contributed by atoms with E-state index in [-0.39, 0.29) is 11.7 Å². The number of benzene rings is 2. The van der Waals surface area contributed by atoms with Crippen molar-refractivity contribution in [2.24, 2.45) is 5.92 Å². The molecule has 2 aliphatic rings. The van der Waals surface area contributed by atoms with Crippen LogP contribution in [-0.2, 0) is 17.9 Å². The zero-order chi connectivity index (χ0) is 21.6. The van der Waals surface area contributed by atoms with Gasteiger partial charge in [0.25, 0.3) is 0 Å². The number of methoxy groups -OCH3 is 1. The summed E-state index contributed by atoms with van der Waals surface area (Å²) in [6.07, 6.45) is 1.83. The first-order chi connectivity index (χ1) is 15.1. The summed E-state index contributed by atoms with van der Waals surface area (Å²) >= 11 is 0. The van der Waals surface area contributed by atoms with Crippen molar-refractivity contribution in [1.82, 2.24) is 14.7 Å². The third-order valence-electron chi connectivity index (χ3n) is 6.52. The standard InChI is InChI=1S/C25H33N3O3/c1-31-24-17-21(7-8-23(24)29)19-26-11-9-22(10-12-26)25(30)28-15-13-27(14-16-28)18-20-5-3-2-4-6-20/h2-8,17,22,29H,9-16,18-19H2,1H3. The van der Waals surface area contributed by atoms with Crippen LogP contribution in [0.15, 0.2) is 48.5 Å². The summed E-state index contributed by atoms with van der Waals surface area (Å²) in [6, 6.07) is 16.1. The number of ether oxygens (including phenoxy) is 1. The number of aromatic hydroxyl groups is 1. The molecule has 166 valence electrons. The molecular weight excluding hydrogens is 390 g/mol. The molecule has 1 amide bonds. The van der Waals surface area contributed by atoms with Crippen molar-refractivity contribution >= 4 is 5.91 Å². The summed E-state index contributed by atoms with van der Waals surface area (Å²) < 4.78 is 5.21. The minimum Gasteiger partial charge on any atom is -0.504 e. The normalized spacial score (nSPS) is 18.8. The van der Waals surface area contributed by atoms with E-state index in [1.165, 1.54) is 5.56 Å². The number of piperazine rings is 1. The van der Waals surface area contributed by atoms with E-state index < -0.39 is 0 Å². The van der Waals surface area contributed by atoms with Gasteiger partial charge < -0.3 is 14.7 Å². The van der Waals surface area contributed by atoms with Gasteiger partial charge in [-0.05, 0) is 49.2 Å². The van der Waals surface area contributed by atoms with Crippen molar-refractivity contribution in [1.29, 1.82) is 0 Å². The molecule has 0 unspecified atom stereocenters. The predicted molar refractivity (Wildman–Crippen MR) is 121 cm³/mol. The van der Waals surface area contributed by atoms with Crippen molar-refractivity contribution in [3.8, 4) is 11.5 Å². The molecule has 1 N–H and O–H groups in total. The Morgan fingerprint density at radius 1 is 0.903 bits per heavy atom. The number of phenolic OH excluding ortho intramolecular Hbond substituents is 1. The average Bonchev–Trinajstić information content (AvgIpc) is 2.81. The zero-order valence-corrected chi connectivity index (χ0v) is 18.4. The molecule has 2 aromatic carbocycles. The van der Waals surface area contributed by atoms with Crippen molar-refractivity contribution in [3.05, 3.63) is 59.7 Å². The van der Waals surface area contributed by atoms with Gasteiger partial charge in [0.15, 0.2) is 11.5 Å². The van der Waals surface area contributed by atoms with Crippen LogP contribution in [0.1, 0.15) is 24.0 Å². The third kappa shape index (κ3) is 5.57. The molecule has 31 heavy (non-hydrogen) atoms.